The molecule has 2 nitrogen and oxygen atoms in total. The number of nitrogens with zero attached hydrogens (tertiary/aromatic N) is 2. The number of para-hydroxylation sites is 1. The van der Waals surface area contributed by atoms with E-state index in [4.69, 9.17) is 0 Å². The molecular weight excluding hydrogens is 701 g/mol. The average molecular weight is 749 g/mol. The maximum atomic E-state index is 2.60. The molecule has 2 aliphatic heterocycles. The van der Waals surface area contributed by atoms with Gasteiger partial charge in [-0.15, -0.1) is 0 Å². The van der Waals surface area contributed by atoms with Crippen molar-refractivity contribution >= 4 is 49.9 Å². The van der Waals surface area contributed by atoms with Crippen molar-refractivity contribution in [3.05, 3.63) is 209 Å². The van der Waals surface area contributed by atoms with Gasteiger partial charge < -0.3 is 9.80 Å². The predicted octanol–water partition coefficient (Wildman–Crippen LogP) is 15.2. The van der Waals surface area contributed by atoms with E-state index in [0.29, 0.717) is 0 Å². The topological polar surface area (TPSA) is 6.48 Å². The van der Waals surface area contributed by atoms with Crippen molar-refractivity contribution in [1.29, 1.82) is 0 Å². The molecule has 0 saturated heterocycles. The van der Waals surface area contributed by atoms with E-state index >= 15 is 0 Å². The summed E-state index contributed by atoms with van der Waals surface area (Å²) in [4.78, 5) is 5.15. The first-order valence-corrected chi connectivity index (χ1v) is 21.1. The number of hydrogen-bond donors (Lipinski definition) is 0. The normalized spacial score (nSPS) is 17.3. The fraction of sp³-hybridized carbons (Fsp3) is 0.179. The first-order valence-electron chi connectivity index (χ1n) is 21.1. The van der Waals surface area contributed by atoms with Crippen molar-refractivity contribution in [1.82, 2.24) is 0 Å². The van der Waals surface area contributed by atoms with Gasteiger partial charge in [0.25, 0.3) is 0 Å². The van der Waals surface area contributed by atoms with E-state index in [9.17, 15) is 0 Å². The molecule has 0 bridgehead atoms. The zero-order valence-corrected chi connectivity index (χ0v) is 33.9. The Labute approximate surface area is 342 Å². The fourth-order valence-corrected chi connectivity index (χ4v) is 10.6. The van der Waals surface area contributed by atoms with Crippen molar-refractivity contribution in [2.45, 2.75) is 64.2 Å². The summed E-state index contributed by atoms with van der Waals surface area (Å²) < 4.78 is 0. The van der Waals surface area contributed by atoms with E-state index in [1.807, 2.05) is 0 Å². The van der Waals surface area contributed by atoms with Crippen LogP contribution in [0.15, 0.2) is 187 Å². The molecule has 282 valence electrons. The van der Waals surface area contributed by atoms with Gasteiger partial charge in [0.2, 0.25) is 0 Å². The Kier molecular flexibility index (Phi) is 7.86. The van der Waals surface area contributed by atoms with Gasteiger partial charge in [0.05, 0.1) is 22.7 Å². The third kappa shape index (κ3) is 5.17. The van der Waals surface area contributed by atoms with Gasteiger partial charge in [-0.05, 0) is 117 Å². The molecule has 0 unspecified atom stereocenters. The molecule has 0 saturated carbocycles. The SMILES string of the molecule is CC1(C)C2=C(C=CCC2)N2c3ccc(-c4cccc5c(N(C6=CC(c7ccccc7)=CCC6)c6cccc7ccccc67)cccc45)cc3C(C)(C)c3cccc1c32. The number of hydrogen-bond acceptors (Lipinski definition) is 2. The Hall–Kier alpha value is -6.38. The van der Waals surface area contributed by atoms with Crippen LogP contribution in [0.4, 0.5) is 22.7 Å². The lowest BCUT2D eigenvalue weighted by Gasteiger charge is -2.50. The highest BCUT2D eigenvalue weighted by Crippen LogP contribution is 2.59. The van der Waals surface area contributed by atoms with Gasteiger partial charge in [0.15, 0.2) is 0 Å². The second-order valence-corrected chi connectivity index (χ2v) is 17.5. The minimum Gasteiger partial charge on any atom is -0.313 e. The Morgan fingerprint density at radius 2 is 1.24 bits per heavy atom. The summed E-state index contributed by atoms with van der Waals surface area (Å²) in [7, 11) is 0. The summed E-state index contributed by atoms with van der Waals surface area (Å²) >= 11 is 0. The summed E-state index contributed by atoms with van der Waals surface area (Å²) in [5, 5.41) is 5.01. The Morgan fingerprint density at radius 1 is 0.552 bits per heavy atom. The zero-order chi connectivity index (χ0) is 39.2. The van der Waals surface area contributed by atoms with Gasteiger partial charge in [-0.3, -0.25) is 0 Å². The van der Waals surface area contributed by atoms with Crippen LogP contribution in [0.1, 0.15) is 75.6 Å². The minimum absolute atomic E-state index is 0.0108. The van der Waals surface area contributed by atoms with Gasteiger partial charge >= 0.3 is 0 Å². The van der Waals surface area contributed by atoms with Crippen LogP contribution in [0.3, 0.4) is 0 Å². The molecule has 0 radical (unpaired) electrons. The van der Waals surface area contributed by atoms with Crippen molar-refractivity contribution in [2.75, 3.05) is 9.80 Å². The van der Waals surface area contributed by atoms with Crippen LogP contribution in [0, 0.1) is 0 Å². The van der Waals surface area contributed by atoms with E-state index < -0.39 is 0 Å². The van der Waals surface area contributed by atoms with Crippen LogP contribution in [-0.2, 0) is 10.8 Å². The summed E-state index contributed by atoms with van der Waals surface area (Å²) in [5.74, 6) is 0. The lowest BCUT2D eigenvalue weighted by atomic mass is 9.65. The molecule has 7 aromatic carbocycles. The molecule has 2 aliphatic carbocycles. The maximum Gasteiger partial charge on any atom is 0.0543 e. The number of rotatable bonds is 5. The number of allylic oxidation sites excluding steroid dienone is 7. The highest BCUT2D eigenvalue weighted by atomic mass is 15.2. The average Bonchev–Trinajstić information content (AvgIpc) is 3.26. The van der Waals surface area contributed by atoms with E-state index in [-0.39, 0.29) is 10.8 Å². The Balaban J connectivity index is 1.09. The molecule has 2 heterocycles. The lowest BCUT2D eigenvalue weighted by molar-refractivity contribution is 0.555. The van der Waals surface area contributed by atoms with Crippen LogP contribution in [0.2, 0.25) is 0 Å². The van der Waals surface area contributed by atoms with Gasteiger partial charge in [0, 0.05) is 33.0 Å². The van der Waals surface area contributed by atoms with Crippen LogP contribution in [-0.4, -0.2) is 0 Å². The first-order chi connectivity index (χ1) is 28.3. The molecule has 0 aromatic heterocycles. The molecule has 7 aromatic rings. The molecule has 0 fully saturated rings. The van der Waals surface area contributed by atoms with Crippen molar-refractivity contribution < 1.29 is 0 Å². The summed E-state index contributed by atoms with van der Waals surface area (Å²) in [6.45, 7) is 9.71. The van der Waals surface area contributed by atoms with E-state index in [0.717, 1.165) is 25.7 Å². The summed E-state index contributed by atoms with van der Waals surface area (Å²) in [6.07, 6.45) is 13.7. The number of benzene rings is 7. The maximum absolute atomic E-state index is 2.60. The monoisotopic (exact) mass is 748 g/mol. The molecule has 11 rings (SSSR count). The first kappa shape index (κ1) is 34.8. The van der Waals surface area contributed by atoms with Crippen LogP contribution < -0.4 is 9.80 Å². The molecule has 2 heteroatoms. The molecule has 4 aliphatic rings. The summed E-state index contributed by atoms with van der Waals surface area (Å²) in [5.41, 5.74) is 18.4. The quantitative estimate of drug-likeness (QED) is 0.173. The van der Waals surface area contributed by atoms with Gasteiger partial charge in [-0.1, -0.05) is 161 Å². The van der Waals surface area contributed by atoms with Crippen LogP contribution >= 0.6 is 0 Å². The lowest BCUT2D eigenvalue weighted by Crippen LogP contribution is -2.40. The molecule has 0 amide bonds. The highest BCUT2D eigenvalue weighted by Gasteiger charge is 2.46. The molecule has 0 spiro atoms. The zero-order valence-electron chi connectivity index (χ0n) is 33.9. The van der Waals surface area contributed by atoms with Crippen LogP contribution in [0.25, 0.3) is 38.2 Å². The molecule has 0 N–H and O–H groups in total. The van der Waals surface area contributed by atoms with Crippen LogP contribution in [0.5, 0.6) is 0 Å². The second kappa shape index (κ2) is 13.1. The second-order valence-electron chi connectivity index (χ2n) is 17.5. The van der Waals surface area contributed by atoms with Crippen molar-refractivity contribution in [2.24, 2.45) is 0 Å². The molecule has 58 heavy (non-hydrogen) atoms. The Bertz CT molecular complexity index is 2950. The fourth-order valence-electron chi connectivity index (χ4n) is 10.6. The predicted molar refractivity (Wildman–Crippen MR) is 246 cm³/mol. The molecule has 0 atom stereocenters. The van der Waals surface area contributed by atoms with Crippen molar-refractivity contribution in [3.63, 3.8) is 0 Å². The van der Waals surface area contributed by atoms with E-state index in [1.165, 1.54) is 94.6 Å². The van der Waals surface area contributed by atoms with Gasteiger partial charge in [-0.25, -0.2) is 0 Å². The van der Waals surface area contributed by atoms with Gasteiger partial charge in [-0.2, -0.15) is 0 Å². The minimum atomic E-state index is -0.182. The number of fused-ring (bicyclic) bond motifs is 5. The highest BCUT2D eigenvalue weighted by molar-refractivity contribution is 6.08. The standard InChI is InChI=1S/C56H48N2/c1-55(2)46-27-10-11-30-52(46)58-53-34-33-40(36-49(53)56(3,4)48-29-16-28-47(55)54(48)58)42-24-14-26-45-44(42)25-15-32-51(45)57(50-31-13-20-38-19-8-9-23-43(38)50)41-22-12-21-39(35-41)37-17-6-5-7-18-37/h5-9,11,13-21,23-26,28-36H,10,12,22,27H2,1-4H3. The third-order valence-electron chi connectivity index (χ3n) is 13.6. The van der Waals surface area contributed by atoms with E-state index in [1.54, 1.807) is 5.57 Å². The molecular formula is C56H48N2. The number of anilines is 4. The smallest absolute Gasteiger partial charge is 0.0543 e. The van der Waals surface area contributed by atoms with Gasteiger partial charge in [0.1, 0.15) is 0 Å². The summed E-state index contributed by atoms with van der Waals surface area (Å²) in [6, 6.07) is 54.5. The largest absolute Gasteiger partial charge is 0.313 e. The van der Waals surface area contributed by atoms with E-state index in [2.05, 4.69) is 207 Å². The third-order valence-corrected chi connectivity index (χ3v) is 13.6. The Morgan fingerprint density at radius 3 is 2.10 bits per heavy atom. The van der Waals surface area contributed by atoms with Crippen molar-refractivity contribution in [3.8, 4) is 11.1 Å².